The summed E-state index contributed by atoms with van der Waals surface area (Å²) in [5.41, 5.74) is 6.59. The Labute approximate surface area is 135 Å². The van der Waals surface area contributed by atoms with Crippen LogP contribution in [-0.2, 0) is 4.74 Å². The molecule has 0 spiro atoms. The van der Waals surface area contributed by atoms with E-state index in [9.17, 15) is 15.3 Å². The standard InChI is InChI=1S/C13H15N7O4/c14-10-7-11(18-13(17-10)20-3-1-2-16-20)19(5-15-7)12-9(23)8(22)6(4-21)24-12/h1-3,5-6,8-9,12,21-23H,4H2,(H2,14,17,18)/t6-,8?,9?,12-/m1/s1. The highest BCUT2D eigenvalue weighted by molar-refractivity contribution is 5.82. The van der Waals surface area contributed by atoms with Gasteiger partial charge in [-0.1, -0.05) is 0 Å². The Morgan fingerprint density at radius 1 is 1.25 bits per heavy atom. The van der Waals surface area contributed by atoms with Gasteiger partial charge in [0.1, 0.15) is 23.8 Å². The summed E-state index contributed by atoms with van der Waals surface area (Å²) >= 11 is 0. The third kappa shape index (κ3) is 2.14. The van der Waals surface area contributed by atoms with Crippen LogP contribution in [0.2, 0.25) is 0 Å². The Bertz CT molecular complexity index is 865. The van der Waals surface area contributed by atoms with Crippen LogP contribution in [0.5, 0.6) is 0 Å². The third-order valence-corrected chi connectivity index (χ3v) is 3.94. The van der Waals surface area contributed by atoms with Gasteiger partial charge < -0.3 is 25.8 Å². The molecule has 1 fully saturated rings. The molecule has 3 aromatic heterocycles. The fourth-order valence-electron chi connectivity index (χ4n) is 2.71. The van der Waals surface area contributed by atoms with Gasteiger partial charge in [0.15, 0.2) is 17.7 Å². The lowest BCUT2D eigenvalue weighted by Crippen LogP contribution is -2.33. The zero-order valence-electron chi connectivity index (χ0n) is 12.3. The van der Waals surface area contributed by atoms with Crippen molar-refractivity contribution in [2.24, 2.45) is 0 Å². The third-order valence-electron chi connectivity index (χ3n) is 3.94. The average Bonchev–Trinajstić information content (AvgIpc) is 3.28. The van der Waals surface area contributed by atoms with Crippen molar-refractivity contribution >= 4 is 17.0 Å². The minimum absolute atomic E-state index is 0.149. The van der Waals surface area contributed by atoms with Crippen LogP contribution in [0.25, 0.3) is 17.1 Å². The van der Waals surface area contributed by atoms with Crippen LogP contribution in [0.4, 0.5) is 5.82 Å². The number of imidazole rings is 1. The van der Waals surface area contributed by atoms with Crippen molar-refractivity contribution in [1.29, 1.82) is 0 Å². The first-order valence-electron chi connectivity index (χ1n) is 7.22. The SMILES string of the molecule is Nc1nc(-n2cccn2)nc2c1ncn2[C@@H]1O[C@H](CO)C(O)C1O. The summed E-state index contributed by atoms with van der Waals surface area (Å²) in [6.07, 6.45) is 0.310. The first-order valence-corrected chi connectivity index (χ1v) is 7.22. The van der Waals surface area contributed by atoms with Crippen LogP contribution < -0.4 is 5.73 Å². The minimum Gasteiger partial charge on any atom is -0.394 e. The van der Waals surface area contributed by atoms with E-state index in [1.165, 1.54) is 15.6 Å². The molecule has 11 nitrogen and oxygen atoms in total. The summed E-state index contributed by atoms with van der Waals surface area (Å²) in [6, 6.07) is 1.72. The van der Waals surface area contributed by atoms with Crippen LogP contribution in [-0.4, -0.2) is 69.5 Å². The Hall–Kier alpha value is -2.60. The zero-order valence-corrected chi connectivity index (χ0v) is 12.3. The van der Waals surface area contributed by atoms with Crippen molar-refractivity contribution in [3.63, 3.8) is 0 Å². The number of hydrogen-bond acceptors (Lipinski definition) is 9. The normalized spacial score (nSPS) is 27.1. The Morgan fingerprint density at radius 3 is 2.75 bits per heavy atom. The van der Waals surface area contributed by atoms with Crippen LogP contribution >= 0.6 is 0 Å². The van der Waals surface area contributed by atoms with E-state index in [0.29, 0.717) is 11.2 Å². The highest BCUT2D eigenvalue weighted by atomic mass is 16.6. The summed E-state index contributed by atoms with van der Waals surface area (Å²) in [6.45, 7) is -0.420. The molecule has 11 heteroatoms. The lowest BCUT2D eigenvalue weighted by Gasteiger charge is -2.16. The Kier molecular flexibility index (Phi) is 3.42. The van der Waals surface area contributed by atoms with E-state index >= 15 is 0 Å². The summed E-state index contributed by atoms with van der Waals surface area (Å²) < 4.78 is 8.39. The summed E-state index contributed by atoms with van der Waals surface area (Å²) in [4.78, 5) is 12.7. The first-order chi connectivity index (χ1) is 11.6. The molecule has 4 heterocycles. The van der Waals surface area contributed by atoms with E-state index in [1.54, 1.807) is 18.5 Å². The van der Waals surface area contributed by atoms with E-state index in [0.717, 1.165) is 0 Å². The van der Waals surface area contributed by atoms with Crippen LogP contribution in [0.1, 0.15) is 6.23 Å². The summed E-state index contributed by atoms with van der Waals surface area (Å²) in [7, 11) is 0. The molecule has 5 N–H and O–H groups in total. The van der Waals surface area contributed by atoms with Gasteiger partial charge >= 0.3 is 0 Å². The monoisotopic (exact) mass is 333 g/mol. The number of nitrogen functional groups attached to an aromatic ring is 1. The molecule has 3 aromatic rings. The van der Waals surface area contributed by atoms with Crippen LogP contribution in [0, 0.1) is 0 Å². The van der Waals surface area contributed by atoms with Crippen molar-refractivity contribution in [3.8, 4) is 5.95 Å². The fraction of sp³-hybridized carbons (Fsp3) is 0.385. The number of ether oxygens (including phenoxy) is 1. The second-order valence-corrected chi connectivity index (χ2v) is 5.41. The molecule has 0 aliphatic carbocycles. The van der Waals surface area contributed by atoms with Gasteiger partial charge in [0.2, 0.25) is 0 Å². The van der Waals surface area contributed by atoms with E-state index in [1.807, 2.05) is 0 Å². The number of nitrogens with zero attached hydrogens (tertiary/aromatic N) is 6. The van der Waals surface area contributed by atoms with Gasteiger partial charge in [-0.05, 0) is 6.07 Å². The predicted octanol–water partition coefficient (Wildman–Crippen LogP) is -1.79. The molecule has 0 amide bonds. The van der Waals surface area contributed by atoms with E-state index in [-0.39, 0.29) is 11.8 Å². The van der Waals surface area contributed by atoms with Gasteiger partial charge in [-0.3, -0.25) is 4.57 Å². The topological polar surface area (TPSA) is 157 Å². The number of aliphatic hydroxyl groups is 3. The Balaban J connectivity index is 1.82. The number of hydrogen-bond donors (Lipinski definition) is 4. The molecule has 126 valence electrons. The predicted molar refractivity (Wildman–Crippen MR) is 79.9 cm³/mol. The maximum atomic E-state index is 10.2. The van der Waals surface area contributed by atoms with Gasteiger partial charge in [-0.2, -0.15) is 15.1 Å². The second-order valence-electron chi connectivity index (χ2n) is 5.41. The molecule has 0 radical (unpaired) electrons. The van der Waals surface area contributed by atoms with E-state index in [2.05, 4.69) is 20.1 Å². The molecule has 4 rings (SSSR count). The second kappa shape index (κ2) is 5.49. The smallest absolute Gasteiger partial charge is 0.254 e. The highest BCUT2D eigenvalue weighted by Gasteiger charge is 2.44. The summed E-state index contributed by atoms with van der Waals surface area (Å²) in [5, 5.41) is 33.4. The quantitative estimate of drug-likeness (QED) is 0.434. The molecule has 0 saturated carbocycles. The number of aliphatic hydroxyl groups excluding tert-OH is 3. The van der Waals surface area contributed by atoms with Gasteiger partial charge in [0, 0.05) is 12.4 Å². The maximum Gasteiger partial charge on any atom is 0.254 e. The number of rotatable bonds is 3. The molecule has 24 heavy (non-hydrogen) atoms. The highest BCUT2D eigenvalue weighted by Crippen LogP contribution is 2.32. The van der Waals surface area contributed by atoms with Gasteiger partial charge in [-0.15, -0.1) is 0 Å². The maximum absolute atomic E-state index is 10.2. The van der Waals surface area contributed by atoms with Gasteiger partial charge in [0.05, 0.1) is 12.9 Å². The van der Waals surface area contributed by atoms with Crippen molar-refractivity contribution in [3.05, 3.63) is 24.8 Å². The fourth-order valence-corrected chi connectivity index (χ4v) is 2.71. The average molecular weight is 333 g/mol. The van der Waals surface area contributed by atoms with Crippen molar-refractivity contribution in [2.45, 2.75) is 24.5 Å². The molecular formula is C13H15N7O4. The van der Waals surface area contributed by atoms with E-state index < -0.39 is 31.1 Å². The first kappa shape index (κ1) is 15.0. The molecule has 1 aliphatic rings. The van der Waals surface area contributed by atoms with Crippen LogP contribution in [0.15, 0.2) is 24.8 Å². The molecule has 2 unspecified atom stereocenters. The molecule has 4 atom stereocenters. The largest absolute Gasteiger partial charge is 0.394 e. The molecule has 1 saturated heterocycles. The van der Waals surface area contributed by atoms with Crippen molar-refractivity contribution in [2.75, 3.05) is 12.3 Å². The molecule has 0 aromatic carbocycles. The number of fused-ring (bicyclic) bond motifs is 1. The number of nitrogens with two attached hydrogens (primary N) is 1. The number of anilines is 1. The summed E-state index contributed by atoms with van der Waals surface area (Å²) in [5.74, 6) is 0.384. The van der Waals surface area contributed by atoms with Crippen LogP contribution in [0.3, 0.4) is 0 Å². The van der Waals surface area contributed by atoms with Crippen molar-refractivity contribution in [1.82, 2.24) is 29.3 Å². The minimum atomic E-state index is -1.25. The molecular weight excluding hydrogens is 318 g/mol. The number of aromatic nitrogens is 6. The van der Waals surface area contributed by atoms with E-state index in [4.69, 9.17) is 10.5 Å². The van der Waals surface area contributed by atoms with Gasteiger partial charge in [-0.25, -0.2) is 9.67 Å². The Morgan fingerprint density at radius 2 is 2.08 bits per heavy atom. The molecule has 1 aliphatic heterocycles. The lowest BCUT2D eigenvalue weighted by molar-refractivity contribution is -0.0511. The lowest BCUT2D eigenvalue weighted by atomic mass is 10.1. The molecule has 0 bridgehead atoms. The van der Waals surface area contributed by atoms with Crippen molar-refractivity contribution < 1.29 is 20.1 Å². The van der Waals surface area contributed by atoms with Gasteiger partial charge in [0.25, 0.3) is 5.95 Å². The zero-order chi connectivity index (χ0) is 16.8.